The summed E-state index contributed by atoms with van der Waals surface area (Å²) in [6.07, 6.45) is 1.02. The monoisotopic (exact) mass is 318 g/mol. The van der Waals surface area contributed by atoms with Crippen LogP contribution >= 0.6 is 23.2 Å². The van der Waals surface area contributed by atoms with Crippen molar-refractivity contribution in [2.24, 2.45) is 0 Å². The average molecular weight is 319 g/mol. The summed E-state index contributed by atoms with van der Waals surface area (Å²) in [6.45, 7) is 1.18. The van der Waals surface area contributed by atoms with Crippen molar-refractivity contribution < 1.29 is 14.6 Å². The number of halogens is 2. The summed E-state index contributed by atoms with van der Waals surface area (Å²) in [5, 5.41) is 16.3. The van der Waals surface area contributed by atoms with Crippen LogP contribution < -0.4 is 10.6 Å². The lowest BCUT2D eigenvalue weighted by atomic mass is 9.94. The Kier molecular flexibility index (Phi) is 5.10. The third-order valence-corrected chi connectivity index (χ3v) is 3.56. The number of carbonyl (C=O) groups excluding carboxylic acids is 1. The van der Waals surface area contributed by atoms with Gasteiger partial charge in [-0.25, -0.2) is 4.79 Å². The molecule has 7 heteroatoms. The van der Waals surface area contributed by atoms with Crippen molar-refractivity contribution in [1.82, 2.24) is 5.32 Å². The highest BCUT2D eigenvalue weighted by Crippen LogP contribution is 2.22. The normalized spacial score (nSPS) is 17.6. The number of ether oxygens (including phenoxy) is 1. The maximum absolute atomic E-state index is 11.8. The molecule has 2 amide bonds. The van der Waals surface area contributed by atoms with Gasteiger partial charge in [0.2, 0.25) is 0 Å². The number of urea groups is 1. The number of amides is 2. The molecule has 0 aliphatic carbocycles. The Morgan fingerprint density at radius 2 is 1.85 bits per heavy atom. The molecule has 3 N–H and O–H groups in total. The van der Waals surface area contributed by atoms with Gasteiger partial charge in [0.1, 0.15) is 0 Å². The molecule has 0 radical (unpaired) electrons. The SMILES string of the molecule is O=C(NCC1(O)CCOCC1)Nc1cc(Cl)cc(Cl)c1. The van der Waals surface area contributed by atoms with Crippen molar-refractivity contribution in [2.45, 2.75) is 18.4 Å². The van der Waals surface area contributed by atoms with Crippen LogP contribution in [0.5, 0.6) is 0 Å². The Bertz CT molecular complexity index is 470. The van der Waals surface area contributed by atoms with E-state index in [9.17, 15) is 9.90 Å². The van der Waals surface area contributed by atoms with Crippen molar-refractivity contribution in [3.05, 3.63) is 28.2 Å². The average Bonchev–Trinajstić information content (AvgIpc) is 2.36. The lowest BCUT2D eigenvalue weighted by molar-refractivity contribution is -0.0598. The van der Waals surface area contributed by atoms with E-state index >= 15 is 0 Å². The summed E-state index contributed by atoms with van der Waals surface area (Å²) in [6, 6.07) is 4.35. The van der Waals surface area contributed by atoms with Crippen LogP contribution in [-0.2, 0) is 4.74 Å². The van der Waals surface area contributed by atoms with E-state index in [1.165, 1.54) is 0 Å². The van der Waals surface area contributed by atoms with Gasteiger partial charge in [-0.15, -0.1) is 0 Å². The van der Waals surface area contributed by atoms with E-state index in [0.717, 1.165) is 0 Å². The smallest absolute Gasteiger partial charge is 0.319 e. The maximum atomic E-state index is 11.8. The van der Waals surface area contributed by atoms with E-state index in [2.05, 4.69) is 10.6 Å². The van der Waals surface area contributed by atoms with Crippen molar-refractivity contribution in [3.63, 3.8) is 0 Å². The van der Waals surface area contributed by atoms with Crippen LogP contribution in [0.1, 0.15) is 12.8 Å². The zero-order chi connectivity index (χ0) is 14.6. The van der Waals surface area contributed by atoms with Crippen molar-refractivity contribution in [3.8, 4) is 0 Å². The number of rotatable bonds is 3. The molecular weight excluding hydrogens is 303 g/mol. The zero-order valence-electron chi connectivity index (χ0n) is 10.8. The minimum atomic E-state index is -0.901. The Morgan fingerprint density at radius 1 is 1.25 bits per heavy atom. The first kappa shape index (κ1) is 15.4. The first-order valence-corrected chi connectivity index (χ1v) is 7.04. The van der Waals surface area contributed by atoms with E-state index < -0.39 is 11.6 Å². The van der Waals surface area contributed by atoms with Crippen LogP contribution in [0.15, 0.2) is 18.2 Å². The van der Waals surface area contributed by atoms with Crippen LogP contribution in [-0.4, -0.2) is 36.5 Å². The Labute approximate surface area is 127 Å². The molecule has 1 aliphatic rings. The fourth-order valence-electron chi connectivity index (χ4n) is 1.97. The summed E-state index contributed by atoms with van der Waals surface area (Å²) in [4.78, 5) is 11.8. The Morgan fingerprint density at radius 3 is 2.45 bits per heavy atom. The molecule has 0 saturated carbocycles. The van der Waals surface area contributed by atoms with E-state index in [-0.39, 0.29) is 6.54 Å². The van der Waals surface area contributed by atoms with Crippen molar-refractivity contribution in [2.75, 3.05) is 25.1 Å². The minimum absolute atomic E-state index is 0.177. The number of carbonyl (C=O) groups is 1. The predicted octanol–water partition coefficient (Wildman–Crippen LogP) is 2.66. The van der Waals surface area contributed by atoms with Gasteiger partial charge in [0, 0.05) is 48.3 Å². The lowest BCUT2D eigenvalue weighted by Gasteiger charge is -2.32. The van der Waals surface area contributed by atoms with Gasteiger partial charge in [-0.2, -0.15) is 0 Å². The molecule has 0 atom stereocenters. The Balaban J connectivity index is 1.86. The summed E-state index contributed by atoms with van der Waals surface area (Å²) in [5.41, 5.74) is -0.402. The highest BCUT2D eigenvalue weighted by atomic mass is 35.5. The zero-order valence-corrected chi connectivity index (χ0v) is 12.3. The molecule has 1 heterocycles. The third kappa shape index (κ3) is 4.52. The van der Waals surface area contributed by atoms with Crippen LogP contribution in [0.3, 0.4) is 0 Å². The third-order valence-electron chi connectivity index (χ3n) is 3.12. The molecule has 1 aromatic carbocycles. The molecule has 110 valence electrons. The second-order valence-corrected chi connectivity index (χ2v) is 5.68. The minimum Gasteiger partial charge on any atom is -0.388 e. The van der Waals surface area contributed by atoms with E-state index in [1.807, 2.05) is 0 Å². The largest absolute Gasteiger partial charge is 0.388 e. The Hall–Kier alpha value is -1.01. The molecule has 5 nitrogen and oxygen atoms in total. The molecular formula is C13H16Cl2N2O3. The van der Waals surface area contributed by atoms with E-state index in [0.29, 0.717) is 41.8 Å². The van der Waals surface area contributed by atoms with Gasteiger partial charge in [0.05, 0.1) is 5.60 Å². The summed E-state index contributed by atoms with van der Waals surface area (Å²) < 4.78 is 5.18. The summed E-state index contributed by atoms with van der Waals surface area (Å²) in [7, 11) is 0. The topological polar surface area (TPSA) is 70.6 Å². The van der Waals surface area contributed by atoms with Gasteiger partial charge < -0.3 is 20.5 Å². The molecule has 2 rings (SSSR count). The highest BCUT2D eigenvalue weighted by molar-refractivity contribution is 6.35. The van der Waals surface area contributed by atoms with Gasteiger partial charge in [-0.1, -0.05) is 23.2 Å². The number of hydrogen-bond donors (Lipinski definition) is 3. The molecule has 0 unspecified atom stereocenters. The molecule has 1 saturated heterocycles. The van der Waals surface area contributed by atoms with Gasteiger partial charge >= 0.3 is 6.03 Å². The molecule has 0 bridgehead atoms. The summed E-state index contributed by atoms with van der Waals surface area (Å²) >= 11 is 11.7. The molecule has 1 aromatic rings. The van der Waals surface area contributed by atoms with Gasteiger partial charge in [0.15, 0.2) is 0 Å². The standard InChI is InChI=1S/C13H16Cl2N2O3/c14-9-5-10(15)7-11(6-9)17-12(18)16-8-13(19)1-3-20-4-2-13/h5-7,19H,1-4,8H2,(H2,16,17,18). The fourth-order valence-corrected chi connectivity index (χ4v) is 2.50. The summed E-state index contributed by atoms with van der Waals surface area (Å²) in [5.74, 6) is 0. The molecule has 1 fully saturated rings. The number of benzene rings is 1. The van der Waals surface area contributed by atoms with E-state index in [1.54, 1.807) is 18.2 Å². The quantitative estimate of drug-likeness (QED) is 0.802. The van der Waals surface area contributed by atoms with Crippen LogP contribution in [0.2, 0.25) is 10.0 Å². The van der Waals surface area contributed by atoms with E-state index in [4.69, 9.17) is 27.9 Å². The maximum Gasteiger partial charge on any atom is 0.319 e. The highest BCUT2D eigenvalue weighted by Gasteiger charge is 2.30. The lowest BCUT2D eigenvalue weighted by Crippen LogP contribution is -2.47. The molecule has 1 aliphatic heterocycles. The van der Waals surface area contributed by atoms with Crippen LogP contribution in [0.4, 0.5) is 10.5 Å². The second kappa shape index (κ2) is 6.63. The number of nitrogens with one attached hydrogen (secondary N) is 2. The second-order valence-electron chi connectivity index (χ2n) is 4.80. The van der Waals surface area contributed by atoms with Gasteiger partial charge in [-0.05, 0) is 18.2 Å². The van der Waals surface area contributed by atoms with Crippen molar-refractivity contribution >= 4 is 34.9 Å². The van der Waals surface area contributed by atoms with Gasteiger partial charge in [0.25, 0.3) is 0 Å². The predicted molar refractivity (Wildman–Crippen MR) is 78.5 cm³/mol. The first-order valence-electron chi connectivity index (χ1n) is 6.28. The van der Waals surface area contributed by atoms with Crippen LogP contribution in [0, 0.1) is 0 Å². The van der Waals surface area contributed by atoms with Crippen LogP contribution in [0.25, 0.3) is 0 Å². The first-order chi connectivity index (χ1) is 9.47. The fraction of sp³-hybridized carbons (Fsp3) is 0.462. The molecule has 0 spiro atoms. The number of anilines is 1. The molecule has 0 aromatic heterocycles. The molecule has 20 heavy (non-hydrogen) atoms. The van der Waals surface area contributed by atoms with Crippen molar-refractivity contribution in [1.29, 1.82) is 0 Å². The number of hydrogen-bond acceptors (Lipinski definition) is 3. The van der Waals surface area contributed by atoms with Gasteiger partial charge in [-0.3, -0.25) is 0 Å². The number of aliphatic hydroxyl groups is 1.